The van der Waals surface area contributed by atoms with Crippen LogP contribution >= 0.6 is 0 Å². The van der Waals surface area contributed by atoms with Gasteiger partial charge >= 0.3 is 0 Å². The molecule has 0 fully saturated rings. The highest BCUT2D eigenvalue weighted by Crippen LogP contribution is 2.18. The number of nitrogens with one attached hydrogen (secondary N) is 6. The first-order valence-electron chi connectivity index (χ1n) is 10.8. The molecule has 5 aromatic rings. The lowest BCUT2D eigenvalue weighted by molar-refractivity contribution is 0.0837. The van der Waals surface area contributed by atoms with Gasteiger partial charge in [-0.2, -0.15) is 0 Å². The van der Waals surface area contributed by atoms with Crippen LogP contribution in [0.2, 0.25) is 0 Å². The van der Waals surface area contributed by atoms with E-state index in [1.54, 1.807) is 36.7 Å². The molecule has 3 aromatic heterocycles. The molecule has 36 heavy (non-hydrogen) atoms. The second kappa shape index (κ2) is 9.43. The number of para-hydroxylation sites is 2. The van der Waals surface area contributed by atoms with Crippen molar-refractivity contribution in [2.75, 3.05) is 0 Å². The smallest absolute Gasteiger partial charge is 0.288 e. The van der Waals surface area contributed by atoms with Crippen molar-refractivity contribution in [3.05, 3.63) is 102 Å². The number of hydrogen-bond acceptors (Lipinski definition) is 5. The zero-order valence-corrected chi connectivity index (χ0v) is 18.6. The van der Waals surface area contributed by atoms with Gasteiger partial charge in [0.05, 0.1) is 11.1 Å². The lowest BCUT2D eigenvalue weighted by Crippen LogP contribution is -2.43. The molecule has 0 unspecified atom stereocenters. The van der Waals surface area contributed by atoms with Crippen LogP contribution in [-0.4, -0.2) is 38.6 Å². The van der Waals surface area contributed by atoms with Crippen molar-refractivity contribution >= 4 is 45.4 Å². The number of hydrazine groups is 2. The van der Waals surface area contributed by atoms with Crippen LogP contribution in [0.1, 0.15) is 41.7 Å². The number of pyridine rings is 1. The molecular formula is C25H19N7O4. The van der Waals surface area contributed by atoms with Crippen molar-refractivity contribution < 1.29 is 19.2 Å². The van der Waals surface area contributed by atoms with E-state index < -0.39 is 23.6 Å². The third kappa shape index (κ3) is 4.35. The molecule has 0 bridgehead atoms. The molecule has 0 saturated heterocycles. The first-order valence-corrected chi connectivity index (χ1v) is 10.8. The monoisotopic (exact) mass is 481 g/mol. The topological polar surface area (TPSA) is 161 Å². The Kier molecular flexibility index (Phi) is 5.85. The minimum absolute atomic E-state index is 0.107. The molecule has 0 aliphatic carbocycles. The highest BCUT2D eigenvalue weighted by molar-refractivity contribution is 6.08. The van der Waals surface area contributed by atoms with Crippen LogP contribution in [0.5, 0.6) is 0 Å². The number of carbonyl (C=O) groups excluding carboxylic acids is 4. The highest BCUT2D eigenvalue weighted by atomic mass is 16.2. The van der Waals surface area contributed by atoms with E-state index >= 15 is 0 Å². The van der Waals surface area contributed by atoms with Crippen molar-refractivity contribution in [2.45, 2.75) is 0 Å². The summed E-state index contributed by atoms with van der Waals surface area (Å²) in [6, 6.07) is 18.7. The normalized spacial score (nSPS) is 10.7. The quantitative estimate of drug-likeness (QED) is 0.217. The number of aromatic amines is 2. The van der Waals surface area contributed by atoms with Gasteiger partial charge in [0, 0.05) is 34.2 Å². The summed E-state index contributed by atoms with van der Waals surface area (Å²) in [4.78, 5) is 60.0. The Hall–Kier alpha value is -5.45. The van der Waals surface area contributed by atoms with Crippen LogP contribution in [0.3, 0.4) is 0 Å². The number of rotatable bonds is 4. The van der Waals surface area contributed by atoms with E-state index in [0.717, 1.165) is 11.0 Å². The predicted molar refractivity (Wildman–Crippen MR) is 131 cm³/mol. The molecule has 0 radical (unpaired) electrons. The van der Waals surface area contributed by atoms with Gasteiger partial charge in [0.1, 0.15) is 11.4 Å². The van der Waals surface area contributed by atoms with Crippen LogP contribution in [0.25, 0.3) is 21.8 Å². The van der Waals surface area contributed by atoms with Crippen molar-refractivity contribution in [1.29, 1.82) is 0 Å². The molecule has 11 heteroatoms. The fraction of sp³-hybridized carbons (Fsp3) is 0. The summed E-state index contributed by atoms with van der Waals surface area (Å²) in [5.74, 6) is -2.48. The van der Waals surface area contributed by atoms with E-state index in [1.165, 1.54) is 18.2 Å². The van der Waals surface area contributed by atoms with Gasteiger partial charge in [-0.25, -0.2) is 4.98 Å². The number of benzene rings is 2. The van der Waals surface area contributed by atoms with Gasteiger partial charge in [-0.15, -0.1) is 0 Å². The largest absolute Gasteiger partial charge is 0.360 e. The van der Waals surface area contributed by atoms with Crippen LogP contribution in [0.4, 0.5) is 0 Å². The molecule has 5 rings (SSSR count). The van der Waals surface area contributed by atoms with E-state index in [1.807, 2.05) is 24.3 Å². The van der Waals surface area contributed by atoms with E-state index in [4.69, 9.17) is 0 Å². The molecule has 0 aliphatic heterocycles. The molecule has 2 aromatic carbocycles. The number of H-pyrrole nitrogens is 2. The summed E-state index contributed by atoms with van der Waals surface area (Å²) in [5, 5.41) is 1.41. The van der Waals surface area contributed by atoms with Crippen LogP contribution in [0.15, 0.2) is 79.1 Å². The molecule has 0 aliphatic rings. The van der Waals surface area contributed by atoms with Gasteiger partial charge in [0.15, 0.2) is 0 Å². The van der Waals surface area contributed by atoms with Crippen molar-refractivity contribution in [3.8, 4) is 0 Å². The number of nitrogens with zero attached hydrogens (tertiary/aromatic N) is 1. The minimum Gasteiger partial charge on any atom is -0.360 e. The number of hydrogen-bond donors (Lipinski definition) is 6. The second-order valence-electron chi connectivity index (χ2n) is 7.72. The number of carbonyl (C=O) groups is 4. The SMILES string of the molecule is O=C(NNC(=O)c1c[nH]c2ccccc12)c1cccc(C(=O)NNC(=O)c2c[nH]c3ccccc23)n1. The summed E-state index contributed by atoms with van der Waals surface area (Å²) in [7, 11) is 0. The molecule has 4 amide bonds. The van der Waals surface area contributed by atoms with Crippen LogP contribution < -0.4 is 21.7 Å². The Balaban J connectivity index is 1.20. The summed E-state index contributed by atoms with van der Waals surface area (Å²) >= 11 is 0. The molecular weight excluding hydrogens is 462 g/mol. The van der Waals surface area contributed by atoms with Crippen LogP contribution in [0, 0.1) is 0 Å². The lowest BCUT2D eigenvalue weighted by Gasteiger charge is -2.09. The van der Waals surface area contributed by atoms with Gasteiger partial charge in [-0.1, -0.05) is 42.5 Å². The summed E-state index contributed by atoms with van der Waals surface area (Å²) in [6.45, 7) is 0. The average Bonchev–Trinajstić information content (AvgIpc) is 3.55. The Morgan fingerprint density at radius 3 is 1.42 bits per heavy atom. The third-order valence-corrected chi connectivity index (χ3v) is 5.46. The Morgan fingerprint density at radius 1 is 0.528 bits per heavy atom. The zero-order chi connectivity index (χ0) is 25.1. The van der Waals surface area contributed by atoms with E-state index in [-0.39, 0.29) is 11.4 Å². The Labute approximate surface area is 203 Å². The number of aromatic nitrogens is 3. The highest BCUT2D eigenvalue weighted by Gasteiger charge is 2.17. The molecule has 11 nitrogen and oxygen atoms in total. The molecule has 178 valence electrons. The Bertz CT molecular complexity index is 1520. The summed E-state index contributed by atoms with van der Waals surface area (Å²) < 4.78 is 0. The summed E-state index contributed by atoms with van der Waals surface area (Å²) in [5.41, 5.74) is 11.3. The van der Waals surface area contributed by atoms with Crippen molar-refractivity contribution in [1.82, 2.24) is 36.7 Å². The summed E-state index contributed by atoms with van der Waals surface area (Å²) in [6.07, 6.45) is 3.08. The first-order chi connectivity index (χ1) is 17.5. The van der Waals surface area contributed by atoms with Crippen molar-refractivity contribution in [3.63, 3.8) is 0 Å². The van der Waals surface area contributed by atoms with E-state index in [0.29, 0.717) is 21.9 Å². The van der Waals surface area contributed by atoms with Gasteiger partial charge in [0.25, 0.3) is 23.6 Å². The first kappa shape index (κ1) is 22.3. The molecule has 0 spiro atoms. The lowest BCUT2D eigenvalue weighted by atomic mass is 10.2. The molecule has 0 atom stereocenters. The van der Waals surface area contributed by atoms with Crippen molar-refractivity contribution in [2.24, 2.45) is 0 Å². The fourth-order valence-electron chi connectivity index (χ4n) is 3.70. The van der Waals surface area contributed by atoms with E-state index in [2.05, 4.69) is 36.7 Å². The number of fused-ring (bicyclic) bond motifs is 2. The standard InChI is InChI=1S/C25H19N7O4/c33-22(16-12-26-18-8-3-1-6-14(16)18)29-31-24(35)20-10-5-11-21(28-20)25(36)32-30-23(34)17-13-27-19-9-4-2-7-15(17)19/h1-13,26-27H,(H,29,33)(H,30,34)(H,31,35)(H,32,36). The average molecular weight is 481 g/mol. The fourth-order valence-corrected chi connectivity index (χ4v) is 3.70. The molecule has 0 saturated carbocycles. The molecule has 6 N–H and O–H groups in total. The predicted octanol–water partition coefficient (Wildman–Crippen LogP) is 2.19. The number of amides is 4. The van der Waals surface area contributed by atoms with Gasteiger partial charge < -0.3 is 9.97 Å². The maximum Gasteiger partial charge on any atom is 0.288 e. The van der Waals surface area contributed by atoms with E-state index in [9.17, 15) is 19.2 Å². The maximum atomic E-state index is 12.5. The molecule has 3 heterocycles. The van der Waals surface area contributed by atoms with Gasteiger partial charge in [0.2, 0.25) is 0 Å². The maximum absolute atomic E-state index is 12.5. The minimum atomic E-state index is -0.722. The van der Waals surface area contributed by atoms with Crippen LogP contribution in [-0.2, 0) is 0 Å². The van der Waals surface area contributed by atoms with Gasteiger partial charge in [-0.05, 0) is 24.3 Å². The second-order valence-corrected chi connectivity index (χ2v) is 7.72. The van der Waals surface area contributed by atoms with Gasteiger partial charge in [-0.3, -0.25) is 40.9 Å². The third-order valence-electron chi connectivity index (χ3n) is 5.46. The Morgan fingerprint density at radius 2 is 0.944 bits per heavy atom. The zero-order valence-electron chi connectivity index (χ0n) is 18.6.